The fraction of sp³-hybridized carbons (Fsp3) is 0.190. The highest BCUT2D eigenvalue weighted by Crippen LogP contribution is 2.14. The fourth-order valence-corrected chi connectivity index (χ4v) is 2.44. The highest BCUT2D eigenvalue weighted by atomic mass is 16.5. The highest BCUT2D eigenvalue weighted by Gasteiger charge is 2.06. The normalized spacial score (nSPS) is 11.2. The predicted molar refractivity (Wildman–Crippen MR) is 105 cm³/mol. The summed E-state index contributed by atoms with van der Waals surface area (Å²) in [6, 6.07) is 20.2. The molecule has 6 nitrogen and oxygen atoms in total. The van der Waals surface area contributed by atoms with Gasteiger partial charge in [-0.3, -0.25) is 0 Å². The highest BCUT2D eigenvalue weighted by molar-refractivity contribution is 5.89. The third-order valence-corrected chi connectivity index (χ3v) is 3.79. The summed E-state index contributed by atoms with van der Waals surface area (Å²) in [4.78, 5) is 16.2. The van der Waals surface area contributed by atoms with Gasteiger partial charge in [-0.15, -0.1) is 0 Å². The van der Waals surface area contributed by atoms with E-state index >= 15 is 0 Å². The van der Waals surface area contributed by atoms with Gasteiger partial charge < -0.3 is 10.1 Å². The third kappa shape index (κ3) is 5.28. The zero-order valence-corrected chi connectivity index (χ0v) is 15.2. The Hall–Kier alpha value is -3.41. The van der Waals surface area contributed by atoms with Crippen LogP contribution in [0.3, 0.4) is 0 Å². The van der Waals surface area contributed by atoms with Gasteiger partial charge in [0.2, 0.25) is 5.88 Å². The van der Waals surface area contributed by atoms with E-state index in [1.807, 2.05) is 48.5 Å². The molecule has 0 saturated carbocycles. The molecule has 0 fully saturated rings. The maximum absolute atomic E-state index is 12.2. The number of hydrogen-bond acceptors (Lipinski definition) is 3. The van der Waals surface area contributed by atoms with Crippen molar-refractivity contribution in [3.63, 3.8) is 0 Å². The molecule has 2 amide bonds. The first-order valence-corrected chi connectivity index (χ1v) is 8.94. The Morgan fingerprint density at radius 3 is 2.52 bits per heavy atom. The standard InChI is InChI=1S/C21H22N4O2/c1-2-3-14-27-20-15-18(16-22-25(20)19-12-8-5-9-13-19)24-21(26)23-17-10-6-4-7-11-17/h4-13,15-16H,2-3,14H2,1H3,(H,23,26). The maximum Gasteiger partial charge on any atom is 0.345 e. The molecule has 138 valence electrons. The molecule has 2 aromatic carbocycles. The van der Waals surface area contributed by atoms with E-state index in [0.29, 0.717) is 23.5 Å². The van der Waals surface area contributed by atoms with Crippen LogP contribution in [-0.2, 0) is 0 Å². The minimum atomic E-state index is -0.458. The van der Waals surface area contributed by atoms with E-state index in [1.54, 1.807) is 29.1 Å². The van der Waals surface area contributed by atoms with Gasteiger partial charge in [-0.1, -0.05) is 49.7 Å². The summed E-state index contributed by atoms with van der Waals surface area (Å²) in [5.74, 6) is 0.545. The van der Waals surface area contributed by atoms with Gasteiger partial charge >= 0.3 is 6.03 Å². The first-order chi connectivity index (χ1) is 13.3. The molecule has 1 heterocycles. The van der Waals surface area contributed by atoms with Crippen LogP contribution in [0.25, 0.3) is 5.69 Å². The summed E-state index contributed by atoms with van der Waals surface area (Å²) in [7, 11) is 0. The Bertz CT molecular complexity index is 937. The van der Waals surface area contributed by atoms with Gasteiger partial charge in [0.25, 0.3) is 0 Å². The maximum atomic E-state index is 12.2. The van der Waals surface area contributed by atoms with Crippen LogP contribution in [-0.4, -0.2) is 22.4 Å². The average Bonchev–Trinajstić information content (AvgIpc) is 2.70. The van der Waals surface area contributed by atoms with Crippen LogP contribution in [0.15, 0.2) is 77.9 Å². The first-order valence-electron chi connectivity index (χ1n) is 8.94. The molecule has 0 unspecified atom stereocenters. The number of ether oxygens (including phenoxy) is 1. The van der Waals surface area contributed by atoms with Crippen molar-refractivity contribution < 1.29 is 9.53 Å². The Kier molecular flexibility index (Phi) is 6.35. The number of anilines is 1. The molecule has 3 aromatic rings. The second kappa shape index (κ2) is 9.33. The van der Waals surface area contributed by atoms with E-state index in [4.69, 9.17) is 4.74 Å². The van der Waals surface area contributed by atoms with Crippen molar-refractivity contribution in [2.24, 2.45) is 4.99 Å². The van der Waals surface area contributed by atoms with Crippen LogP contribution in [0.5, 0.6) is 5.88 Å². The van der Waals surface area contributed by atoms with E-state index in [9.17, 15) is 4.79 Å². The summed E-state index contributed by atoms with van der Waals surface area (Å²) in [6.07, 6.45) is 3.51. The van der Waals surface area contributed by atoms with Crippen molar-refractivity contribution in [3.8, 4) is 11.6 Å². The van der Waals surface area contributed by atoms with Crippen molar-refractivity contribution in [1.29, 1.82) is 0 Å². The van der Waals surface area contributed by atoms with Gasteiger partial charge in [0, 0.05) is 11.8 Å². The first kappa shape index (κ1) is 18.4. The number of nitrogens with zero attached hydrogens (tertiary/aromatic N) is 3. The average molecular weight is 362 g/mol. The summed E-state index contributed by atoms with van der Waals surface area (Å²) in [5.41, 5.74) is 1.57. The zero-order chi connectivity index (χ0) is 18.9. The van der Waals surface area contributed by atoms with Crippen molar-refractivity contribution >= 4 is 11.7 Å². The Morgan fingerprint density at radius 2 is 1.81 bits per heavy atom. The van der Waals surface area contributed by atoms with Crippen molar-refractivity contribution in [2.75, 3.05) is 11.9 Å². The third-order valence-electron chi connectivity index (χ3n) is 3.79. The van der Waals surface area contributed by atoms with Gasteiger partial charge in [-0.05, 0) is 30.7 Å². The summed E-state index contributed by atoms with van der Waals surface area (Å²) >= 11 is 0. The van der Waals surface area contributed by atoms with Crippen LogP contribution >= 0.6 is 0 Å². The largest absolute Gasteiger partial charge is 0.478 e. The number of carbonyl (C=O) groups excluding carboxylic acids is 1. The molecule has 1 aromatic heterocycles. The van der Waals surface area contributed by atoms with E-state index in [0.717, 1.165) is 18.5 Å². The number of hydrogen-bond donors (Lipinski definition) is 1. The SMILES string of the molecule is CCCCOc1cc(=NC(=O)Nc2ccccc2)cnn1-c1ccccc1. The second-order valence-electron chi connectivity index (χ2n) is 5.91. The molecular weight excluding hydrogens is 340 g/mol. The molecule has 1 N–H and O–H groups in total. The minimum Gasteiger partial charge on any atom is -0.478 e. The van der Waals surface area contributed by atoms with E-state index in [-0.39, 0.29) is 0 Å². The number of urea groups is 1. The Morgan fingerprint density at radius 1 is 1.11 bits per heavy atom. The minimum absolute atomic E-state index is 0.433. The summed E-state index contributed by atoms with van der Waals surface area (Å²) < 4.78 is 7.58. The number of para-hydroxylation sites is 2. The Labute approximate surface area is 158 Å². The van der Waals surface area contributed by atoms with Crippen LogP contribution < -0.4 is 15.4 Å². The van der Waals surface area contributed by atoms with Crippen molar-refractivity contribution in [2.45, 2.75) is 19.8 Å². The molecule has 0 spiro atoms. The number of benzene rings is 2. The topological polar surface area (TPSA) is 68.5 Å². The van der Waals surface area contributed by atoms with Gasteiger partial charge in [-0.25, -0.2) is 9.48 Å². The lowest BCUT2D eigenvalue weighted by atomic mass is 10.3. The number of carbonyl (C=O) groups is 1. The molecule has 3 rings (SSSR count). The molecule has 0 atom stereocenters. The van der Waals surface area contributed by atoms with Gasteiger partial charge in [0.15, 0.2) is 0 Å². The second-order valence-corrected chi connectivity index (χ2v) is 5.91. The monoisotopic (exact) mass is 362 g/mol. The van der Waals surface area contributed by atoms with Crippen LogP contribution in [0, 0.1) is 0 Å². The molecule has 0 saturated heterocycles. The fourth-order valence-electron chi connectivity index (χ4n) is 2.44. The molecule has 27 heavy (non-hydrogen) atoms. The Balaban J connectivity index is 1.87. The molecule has 0 radical (unpaired) electrons. The number of unbranched alkanes of at least 4 members (excludes halogenated alkanes) is 1. The number of aromatic nitrogens is 2. The quantitative estimate of drug-likeness (QED) is 0.669. The molecule has 0 aliphatic heterocycles. The summed E-state index contributed by atoms with van der Waals surface area (Å²) in [6.45, 7) is 2.68. The van der Waals surface area contributed by atoms with Crippen LogP contribution in [0.1, 0.15) is 19.8 Å². The molecule has 0 aliphatic carbocycles. The number of nitrogens with one attached hydrogen (secondary N) is 1. The molecular formula is C21H22N4O2. The lowest BCUT2D eigenvalue weighted by molar-refractivity contribution is 0.259. The van der Waals surface area contributed by atoms with Gasteiger partial charge in [0.05, 0.1) is 23.8 Å². The van der Waals surface area contributed by atoms with Crippen molar-refractivity contribution in [3.05, 3.63) is 78.3 Å². The predicted octanol–water partition coefficient (Wildman–Crippen LogP) is 4.18. The van der Waals surface area contributed by atoms with Gasteiger partial charge in [-0.2, -0.15) is 10.1 Å². The molecule has 6 heteroatoms. The lowest BCUT2D eigenvalue weighted by Crippen LogP contribution is -2.17. The van der Waals surface area contributed by atoms with E-state index in [2.05, 4.69) is 22.3 Å². The zero-order valence-electron chi connectivity index (χ0n) is 15.2. The van der Waals surface area contributed by atoms with Crippen molar-refractivity contribution in [1.82, 2.24) is 9.78 Å². The van der Waals surface area contributed by atoms with E-state index < -0.39 is 6.03 Å². The summed E-state index contributed by atoms with van der Waals surface area (Å²) in [5, 5.41) is 7.57. The number of rotatable bonds is 6. The number of amides is 2. The lowest BCUT2D eigenvalue weighted by Gasteiger charge is -2.13. The van der Waals surface area contributed by atoms with Crippen LogP contribution in [0.4, 0.5) is 10.5 Å². The van der Waals surface area contributed by atoms with E-state index in [1.165, 1.54) is 0 Å². The molecule has 0 bridgehead atoms. The molecule has 0 aliphatic rings. The van der Waals surface area contributed by atoms with Crippen LogP contribution in [0.2, 0.25) is 0 Å². The van der Waals surface area contributed by atoms with Gasteiger partial charge in [0.1, 0.15) is 0 Å². The smallest absolute Gasteiger partial charge is 0.345 e.